The average Bonchev–Trinajstić information content (AvgIpc) is 3.43. The number of fused-ring (bicyclic) bond motifs is 1. The first-order valence-corrected chi connectivity index (χ1v) is 8.70. The van der Waals surface area contributed by atoms with E-state index in [1.54, 1.807) is 4.90 Å². The van der Waals surface area contributed by atoms with Crippen LogP contribution in [-0.2, 0) is 11.2 Å². The quantitative estimate of drug-likeness (QED) is 0.599. The van der Waals surface area contributed by atoms with Crippen LogP contribution in [0.5, 0.6) is 0 Å². The monoisotopic (exact) mass is 360 g/mol. The van der Waals surface area contributed by atoms with Gasteiger partial charge in [0.15, 0.2) is 0 Å². The van der Waals surface area contributed by atoms with Crippen LogP contribution in [0.15, 0.2) is 59.3 Å². The highest BCUT2D eigenvalue weighted by Crippen LogP contribution is 2.25. The van der Waals surface area contributed by atoms with Gasteiger partial charge in [-0.2, -0.15) is 4.98 Å². The third-order valence-corrected chi connectivity index (χ3v) is 4.68. The largest absolute Gasteiger partial charge is 0.447 e. The molecule has 1 aliphatic rings. The number of cyclic esters (lactones) is 1. The number of carbonyl (C=O) groups excluding carboxylic acids is 1. The minimum Gasteiger partial charge on any atom is -0.447 e. The molecule has 1 amide bonds. The fourth-order valence-electron chi connectivity index (χ4n) is 3.30. The second-order valence-corrected chi connectivity index (χ2v) is 6.36. The van der Waals surface area contributed by atoms with Crippen LogP contribution in [0, 0.1) is 0 Å². The van der Waals surface area contributed by atoms with Crippen molar-refractivity contribution in [2.24, 2.45) is 0 Å². The third-order valence-electron chi connectivity index (χ3n) is 4.68. The van der Waals surface area contributed by atoms with Gasteiger partial charge >= 0.3 is 6.09 Å². The van der Waals surface area contributed by atoms with E-state index in [9.17, 15) is 4.79 Å². The lowest BCUT2D eigenvalue weighted by molar-refractivity contribution is 0.181. The Bertz CT molecular complexity index is 1110. The van der Waals surface area contributed by atoms with Crippen molar-refractivity contribution in [3.63, 3.8) is 0 Å². The summed E-state index contributed by atoms with van der Waals surface area (Å²) in [6.07, 6.45) is 2.22. The number of amides is 1. The molecule has 7 heteroatoms. The summed E-state index contributed by atoms with van der Waals surface area (Å²) in [5.41, 5.74) is 3.83. The normalized spacial score (nSPS) is 14.1. The van der Waals surface area contributed by atoms with Crippen LogP contribution < -0.4 is 4.90 Å². The number of carbonyl (C=O) groups is 1. The van der Waals surface area contributed by atoms with Gasteiger partial charge in [0.1, 0.15) is 6.61 Å². The Balaban J connectivity index is 1.36. The number of hydrogen-bond acceptors (Lipinski definition) is 5. The van der Waals surface area contributed by atoms with E-state index in [-0.39, 0.29) is 6.09 Å². The molecule has 2 aromatic carbocycles. The van der Waals surface area contributed by atoms with E-state index in [2.05, 4.69) is 21.2 Å². The summed E-state index contributed by atoms with van der Waals surface area (Å²) in [5.74, 6) is 1.09. The molecular formula is C20H16N4O3. The summed E-state index contributed by atoms with van der Waals surface area (Å²) in [5, 5.41) is 5.24. The summed E-state index contributed by atoms with van der Waals surface area (Å²) in [4.78, 5) is 21.0. The van der Waals surface area contributed by atoms with E-state index >= 15 is 0 Å². The first kappa shape index (κ1) is 15.6. The highest BCUT2D eigenvalue weighted by molar-refractivity contribution is 5.89. The molecule has 0 bridgehead atoms. The lowest BCUT2D eigenvalue weighted by Crippen LogP contribution is -2.23. The lowest BCUT2D eigenvalue weighted by Gasteiger charge is -2.12. The van der Waals surface area contributed by atoms with E-state index in [4.69, 9.17) is 9.26 Å². The molecule has 0 spiro atoms. The summed E-state index contributed by atoms with van der Waals surface area (Å²) >= 11 is 0. The van der Waals surface area contributed by atoms with Crippen LogP contribution in [-0.4, -0.2) is 34.4 Å². The predicted octanol–water partition coefficient (Wildman–Crippen LogP) is 3.77. The van der Waals surface area contributed by atoms with Crippen LogP contribution in [0.2, 0.25) is 0 Å². The van der Waals surface area contributed by atoms with Crippen LogP contribution >= 0.6 is 0 Å². The van der Waals surface area contributed by atoms with Gasteiger partial charge in [-0.25, -0.2) is 4.79 Å². The number of para-hydroxylation sites is 1. The van der Waals surface area contributed by atoms with E-state index in [0.29, 0.717) is 31.3 Å². The molecule has 3 heterocycles. The van der Waals surface area contributed by atoms with Crippen molar-refractivity contribution >= 4 is 22.7 Å². The smallest absolute Gasteiger partial charge is 0.414 e. The molecule has 0 radical (unpaired) electrons. The zero-order valence-electron chi connectivity index (χ0n) is 14.4. The number of H-pyrrole nitrogens is 1. The number of rotatable bonds is 4. The minimum atomic E-state index is -0.316. The molecule has 1 fully saturated rings. The zero-order valence-corrected chi connectivity index (χ0v) is 14.4. The fourth-order valence-corrected chi connectivity index (χ4v) is 3.30. The summed E-state index contributed by atoms with van der Waals surface area (Å²) in [6.45, 7) is 0.984. The number of nitrogens with zero attached hydrogens (tertiary/aromatic N) is 3. The number of nitrogens with one attached hydrogen (secondary N) is 1. The van der Waals surface area contributed by atoms with Gasteiger partial charge in [-0.15, -0.1) is 0 Å². The van der Waals surface area contributed by atoms with Gasteiger partial charge < -0.3 is 14.2 Å². The fraction of sp³-hybridized carbons (Fsp3) is 0.150. The molecule has 0 aliphatic carbocycles. The van der Waals surface area contributed by atoms with Crippen LogP contribution in [0.3, 0.4) is 0 Å². The Labute approximate surface area is 154 Å². The molecule has 0 atom stereocenters. The Hall–Kier alpha value is -3.61. The summed E-state index contributed by atoms with van der Waals surface area (Å²) in [7, 11) is 0. The first-order valence-electron chi connectivity index (χ1n) is 8.70. The van der Waals surface area contributed by atoms with Crippen LogP contribution in [0.25, 0.3) is 22.3 Å². The molecule has 1 aliphatic heterocycles. The number of aromatic nitrogens is 3. The van der Waals surface area contributed by atoms with Crippen molar-refractivity contribution in [2.45, 2.75) is 6.42 Å². The molecule has 2 aromatic heterocycles. The van der Waals surface area contributed by atoms with E-state index in [0.717, 1.165) is 27.7 Å². The second-order valence-electron chi connectivity index (χ2n) is 6.36. The average molecular weight is 360 g/mol. The Kier molecular flexibility index (Phi) is 3.64. The molecule has 5 rings (SSSR count). The molecule has 7 nitrogen and oxygen atoms in total. The van der Waals surface area contributed by atoms with Crippen molar-refractivity contribution in [2.75, 3.05) is 18.1 Å². The molecule has 1 N–H and O–H groups in total. The molecule has 0 saturated carbocycles. The number of hydrogen-bond donors (Lipinski definition) is 1. The van der Waals surface area contributed by atoms with E-state index in [1.807, 2.05) is 48.7 Å². The maximum absolute atomic E-state index is 11.6. The topological polar surface area (TPSA) is 84.2 Å². The Morgan fingerprint density at radius 2 is 1.96 bits per heavy atom. The molecule has 27 heavy (non-hydrogen) atoms. The second kappa shape index (κ2) is 6.28. The van der Waals surface area contributed by atoms with Gasteiger partial charge in [0.2, 0.25) is 11.7 Å². The van der Waals surface area contributed by atoms with Crippen molar-refractivity contribution in [1.29, 1.82) is 0 Å². The maximum Gasteiger partial charge on any atom is 0.414 e. The summed E-state index contributed by atoms with van der Waals surface area (Å²) in [6, 6.07) is 15.6. The standard InChI is InChI=1S/C20H16N4O3/c25-20-24(9-10-26-20)15-7-5-13(6-8-15)19-22-18(27-23-19)11-14-12-21-17-4-2-1-3-16(14)17/h1-8,12,21H,9-11H2. The Morgan fingerprint density at radius 1 is 1.11 bits per heavy atom. The Morgan fingerprint density at radius 3 is 2.78 bits per heavy atom. The van der Waals surface area contributed by atoms with Gasteiger partial charge in [-0.05, 0) is 35.9 Å². The van der Waals surface area contributed by atoms with Gasteiger partial charge in [0.25, 0.3) is 0 Å². The first-order chi connectivity index (χ1) is 13.3. The van der Waals surface area contributed by atoms with E-state index in [1.165, 1.54) is 0 Å². The van der Waals surface area contributed by atoms with Crippen LogP contribution in [0.1, 0.15) is 11.5 Å². The predicted molar refractivity (Wildman–Crippen MR) is 99.5 cm³/mol. The van der Waals surface area contributed by atoms with E-state index < -0.39 is 0 Å². The number of anilines is 1. The van der Waals surface area contributed by atoms with Crippen molar-refractivity contribution < 1.29 is 14.1 Å². The third kappa shape index (κ3) is 2.83. The highest BCUT2D eigenvalue weighted by Gasteiger charge is 2.23. The number of aromatic amines is 1. The zero-order chi connectivity index (χ0) is 18.2. The minimum absolute atomic E-state index is 0.316. The molecular weight excluding hydrogens is 344 g/mol. The highest BCUT2D eigenvalue weighted by atomic mass is 16.6. The maximum atomic E-state index is 11.6. The molecule has 134 valence electrons. The van der Waals surface area contributed by atoms with Gasteiger partial charge in [-0.1, -0.05) is 23.4 Å². The van der Waals surface area contributed by atoms with Crippen molar-refractivity contribution in [1.82, 2.24) is 15.1 Å². The van der Waals surface area contributed by atoms with Gasteiger partial charge in [-0.3, -0.25) is 4.90 Å². The van der Waals surface area contributed by atoms with Crippen molar-refractivity contribution in [3.05, 3.63) is 66.2 Å². The van der Waals surface area contributed by atoms with Gasteiger partial charge in [0, 0.05) is 28.4 Å². The summed E-state index contributed by atoms with van der Waals surface area (Å²) < 4.78 is 10.4. The SMILES string of the molecule is O=C1OCCN1c1ccc(-c2noc(Cc3c[nH]c4ccccc34)n2)cc1. The number of benzene rings is 2. The van der Waals surface area contributed by atoms with Crippen molar-refractivity contribution in [3.8, 4) is 11.4 Å². The molecule has 1 saturated heterocycles. The van der Waals surface area contributed by atoms with Gasteiger partial charge in [0.05, 0.1) is 13.0 Å². The molecule has 4 aromatic rings. The molecule has 0 unspecified atom stereocenters. The number of ether oxygens (including phenoxy) is 1. The van der Waals surface area contributed by atoms with Crippen LogP contribution in [0.4, 0.5) is 10.5 Å². The lowest BCUT2D eigenvalue weighted by atomic mass is 10.1.